The molecule has 0 bridgehead atoms. The van der Waals surface area contributed by atoms with Gasteiger partial charge in [0.1, 0.15) is 0 Å². The van der Waals surface area contributed by atoms with Crippen molar-refractivity contribution in [2.24, 2.45) is 5.92 Å². The van der Waals surface area contributed by atoms with Crippen LogP contribution in [0.25, 0.3) is 0 Å². The number of rotatable bonds is 8. The molecule has 1 aromatic carbocycles. The van der Waals surface area contributed by atoms with Crippen molar-refractivity contribution in [1.29, 1.82) is 0 Å². The van der Waals surface area contributed by atoms with Crippen LogP contribution >= 0.6 is 0 Å². The quantitative estimate of drug-likeness (QED) is 0.684. The molecule has 1 nitrogen and oxygen atoms in total. The van der Waals surface area contributed by atoms with E-state index in [0.29, 0.717) is 11.5 Å². The van der Waals surface area contributed by atoms with Crippen LogP contribution in [-0.2, 0) is 5.41 Å². The monoisotopic (exact) mass is 287 g/mol. The normalized spacial score (nSPS) is 18.0. The van der Waals surface area contributed by atoms with Crippen LogP contribution in [-0.4, -0.2) is 12.6 Å². The Labute approximate surface area is 131 Å². The lowest BCUT2D eigenvalue weighted by molar-refractivity contribution is 0.201. The van der Waals surface area contributed by atoms with E-state index >= 15 is 0 Å². The van der Waals surface area contributed by atoms with Crippen molar-refractivity contribution in [2.45, 2.75) is 77.2 Å². The molecule has 118 valence electrons. The zero-order valence-electron chi connectivity index (χ0n) is 14.2. The van der Waals surface area contributed by atoms with Gasteiger partial charge in [-0.05, 0) is 50.1 Å². The molecule has 1 saturated carbocycles. The third kappa shape index (κ3) is 3.51. The molecule has 0 saturated heterocycles. The van der Waals surface area contributed by atoms with E-state index in [0.717, 1.165) is 12.5 Å². The van der Waals surface area contributed by atoms with E-state index in [4.69, 9.17) is 0 Å². The van der Waals surface area contributed by atoms with Crippen LogP contribution < -0.4 is 5.32 Å². The molecule has 1 unspecified atom stereocenters. The summed E-state index contributed by atoms with van der Waals surface area (Å²) in [6.45, 7) is 8.19. The smallest absolute Gasteiger partial charge is 0.0192 e. The zero-order chi connectivity index (χ0) is 15.1. The van der Waals surface area contributed by atoms with Crippen LogP contribution in [0.15, 0.2) is 30.3 Å². The summed E-state index contributed by atoms with van der Waals surface area (Å²) in [6.07, 6.45) is 9.35. The molecule has 0 amide bonds. The van der Waals surface area contributed by atoms with Crippen molar-refractivity contribution in [1.82, 2.24) is 5.32 Å². The van der Waals surface area contributed by atoms with E-state index in [9.17, 15) is 0 Å². The summed E-state index contributed by atoms with van der Waals surface area (Å²) in [6, 6.07) is 11.9. The van der Waals surface area contributed by atoms with Gasteiger partial charge in [0.2, 0.25) is 0 Å². The third-order valence-electron chi connectivity index (χ3n) is 5.69. The molecule has 0 heterocycles. The number of hydrogen-bond acceptors (Lipinski definition) is 1. The summed E-state index contributed by atoms with van der Waals surface area (Å²) in [5.74, 6) is 0.858. The number of benzene rings is 1. The van der Waals surface area contributed by atoms with Crippen molar-refractivity contribution in [2.75, 3.05) is 6.54 Å². The summed E-state index contributed by atoms with van der Waals surface area (Å²) in [5, 5.41) is 3.95. The van der Waals surface area contributed by atoms with Crippen molar-refractivity contribution in [3.8, 4) is 0 Å². The Kier molecular flexibility index (Phi) is 6.29. The van der Waals surface area contributed by atoms with Gasteiger partial charge in [0, 0.05) is 11.5 Å². The van der Waals surface area contributed by atoms with Crippen molar-refractivity contribution in [3.63, 3.8) is 0 Å². The summed E-state index contributed by atoms with van der Waals surface area (Å²) in [5.41, 5.74) is 1.83. The highest BCUT2D eigenvalue weighted by Gasteiger charge is 2.41. The van der Waals surface area contributed by atoms with Gasteiger partial charge in [-0.1, -0.05) is 63.9 Å². The van der Waals surface area contributed by atoms with Crippen molar-refractivity contribution in [3.05, 3.63) is 35.9 Å². The van der Waals surface area contributed by atoms with Gasteiger partial charge in [-0.15, -0.1) is 0 Å². The Balaban J connectivity index is 2.34. The molecular formula is C20H33N. The predicted molar refractivity (Wildman–Crippen MR) is 92.7 cm³/mol. The van der Waals surface area contributed by atoms with Crippen LogP contribution in [0, 0.1) is 5.92 Å². The van der Waals surface area contributed by atoms with E-state index in [2.05, 4.69) is 56.4 Å². The maximum Gasteiger partial charge on any atom is 0.0192 e. The standard InChI is InChI=1S/C20H33N/c1-4-16-21-19(17-12-10-11-13-17)20(5-2,6-3)18-14-8-7-9-15-18/h7-9,14-15,17,19,21H,4-6,10-13,16H2,1-3H3. The van der Waals surface area contributed by atoms with Gasteiger partial charge in [-0.25, -0.2) is 0 Å². The highest BCUT2D eigenvalue weighted by atomic mass is 14.9. The Morgan fingerprint density at radius 1 is 1.05 bits per heavy atom. The van der Waals surface area contributed by atoms with Crippen molar-refractivity contribution >= 4 is 0 Å². The molecule has 1 N–H and O–H groups in total. The predicted octanol–water partition coefficient (Wildman–Crippen LogP) is 5.30. The first-order valence-corrected chi connectivity index (χ1v) is 9.07. The van der Waals surface area contributed by atoms with Crippen LogP contribution in [0.3, 0.4) is 0 Å². The van der Waals surface area contributed by atoms with Gasteiger partial charge in [0.15, 0.2) is 0 Å². The highest BCUT2D eigenvalue weighted by molar-refractivity contribution is 5.28. The molecule has 1 aliphatic rings. The molecule has 0 radical (unpaired) electrons. The lowest BCUT2D eigenvalue weighted by Crippen LogP contribution is -2.52. The van der Waals surface area contributed by atoms with Gasteiger partial charge in [-0.3, -0.25) is 0 Å². The second kappa shape index (κ2) is 7.98. The Bertz CT molecular complexity index is 388. The van der Waals surface area contributed by atoms with Crippen LogP contribution in [0.2, 0.25) is 0 Å². The molecule has 0 spiro atoms. The molecular weight excluding hydrogens is 254 g/mol. The largest absolute Gasteiger partial charge is 0.313 e. The van der Waals surface area contributed by atoms with Gasteiger partial charge in [0.25, 0.3) is 0 Å². The number of hydrogen-bond donors (Lipinski definition) is 1. The van der Waals surface area contributed by atoms with Gasteiger partial charge in [0.05, 0.1) is 0 Å². The molecule has 2 rings (SSSR count). The Morgan fingerprint density at radius 2 is 1.67 bits per heavy atom. The van der Waals surface area contributed by atoms with Gasteiger partial charge >= 0.3 is 0 Å². The third-order valence-corrected chi connectivity index (χ3v) is 5.69. The topological polar surface area (TPSA) is 12.0 Å². The Hall–Kier alpha value is -0.820. The zero-order valence-corrected chi connectivity index (χ0v) is 14.2. The second-order valence-corrected chi connectivity index (χ2v) is 6.71. The van der Waals surface area contributed by atoms with E-state index in [1.165, 1.54) is 50.5 Å². The summed E-state index contributed by atoms with van der Waals surface area (Å²) in [7, 11) is 0. The van der Waals surface area contributed by atoms with Gasteiger partial charge in [-0.2, -0.15) is 0 Å². The molecule has 0 aromatic heterocycles. The first-order chi connectivity index (χ1) is 10.3. The minimum absolute atomic E-state index is 0.297. The number of nitrogens with one attached hydrogen (secondary N) is 1. The van der Waals surface area contributed by atoms with Crippen LogP contribution in [0.5, 0.6) is 0 Å². The molecule has 21 heavy (non-hydrogen) atoms. The van der Waals surface area contributed by atoms with Crippen LogP contribution in [0.4, 0.5) is 0 Å². The minimum atomic E-state index is 0.297. The van der Waals surface area contributed by atoms with E-state index in [1.54, 1.807) is 0 Å². The first kappa shape index (κ1) is 16.5. The van der Waals surface area contributed by atoms with Gasteiger partial charge < -0.3 is 5.32 Å². The van der Waals surface area contributed by atoms with Crippen LogP contribution in [0.1, 0.15) is 71.3 Å². The minimum Gasteiger partial charge on any atom is -0.313 e. The second-order valence-electron chi connectivity index (χ2n) is 6.71. The van der Waals surface area contributed by atoms with Crippen molar-refractivity contribution < 1.29 is 0 Å². The maximum absolute atomic E-state index is 3.95. The summed E-state index contributed by atoms with van der Waals surface area (Å²) < 4.78 is 0. The maximum atomic E-state index is 3.95. The fourth-order valence-corrected chi connectivity index (χ4v) is 4.45. The lowest BCUT2D eigenvalue weighted by atomic mass is 9.66. The Morgan fingerprint density at radius 3 is 2.19 bits per heavy atom. The van der Waals surface area contributed by atoms with E-state index in [-0.39, 0.29) is 0 Å². The summed E-state index contributed by atoms with van der Waals surface area (Å²) >= 11 is 0. The highest BCUT2D eigenvalue weighted by Crippen LogP contribution is 2.42. The molecule has 0 aliphatic heterocycles. The average molecular weight is 287 g/mol. The molecule has 1 aliphatic carbocycles. The fraction of sp³-hybridized carbons (Fsp3) is 0.700. The average Bonchev–Trinajstić information content (AvgIpc) is 3.07. The SMILES string of the molecule is CCCNC(C1CCCC1)C(CC)(CC)c1ccccc1. The lowest BCUT2D eigenvalue weighted by Gasteiger charge is -2.44. The fourth-order valence-electron chi connectivity index (χ4n) is 4.45. The molecule has 1 aromatic rings. The summed E-state index contributed by atoms with van der Waals surface area (Å²) in [4.78, 5) is 0. The molecule has 1 atom stereocenters. The first-order valence-electron chi connectivity index (χ1n) is 9.07. The van der Waals surface area contributed by atoms with E-state index in [1.807, 2.05) is 0 Å². The van der Waals surface area contributed by atoms with E-state index < -0.39 is 0 Å². The molecule has 1 heteroatoms. The molecule has 1 fully saturated rings.